The molecule has 0 atom stereocenters. The molecule has 7 nitrogen and oxygen atoms in total. The van der Waals surface area contributed by atoms with E-state index < -0.39 is 0 Å². The van der Waals surface area contributed by atoms with Crippen molar-refractivity contribution in [2.75, 3.05) is 5.73 Å². The first kappa shape index (κ1) is 11.2. The Morgan fingerprint density at radius 2 is 2.29 bits per heavy atom. The molecule has 0 radical (unpaired) electrons. The van der Waals surface area contributed by atoms with Gasteiger partial charge in [-0.25, -0.2) is 4.98 Å². The summed E-state index contributed by atoms with van der Waals surface area (Å²) < 4.78 is 3.34. The van der Waals surface area contributed by atoms with Crippen molar-refractivity contribution < 1.29 is 4.79 Å². The molecule has 0 aliphatic heterocycles. The lowest BCUT2D eigenvalue weighted by Crippen LogP contribution is -2.25. The fraction of sp³-hybridized carbons (Fsp3) is 0.300. The average Bonchev–Trinajstić information content (AvgIpc) is 2.81. The number of hydrogen-bond donors (Lipinski definition) is 2. The summed E-state index contributed by atoms with van der Waals surface area (Å²) >= 11 is 0. The van der Waals surface area contributed by atoms with Crippen molar-refractivity contribution in [3.63, 3.8) is 0 Å². The third-order valence-corrected chi connectivity index (χ3v) is 2.40. The van der Waals surface area contributed by atoms with E-state index in [0.717, 1.165) is 5.82 Å². The lowest BCUT2D eigenvalue weighted by Gasteiger charge is -2.03. The minimum Gasteiger partial charge on any atom is -0.396 e. The molecular formula is C10H14N6O. The molecular weight excluding hydrogens is 220 g/mol. The molecule has 1 amide bonds. The number of nitrogens with zero attached hydrogens (tertiary/aromatic N) is 4. The highest BCUT2D eigenvalue weighted by molar-refractivity contribution is 5.96. The monoisotopic (exact) mass is 234 g/mol. The third kappa shape index (κ3) is 2.27. The second-order valence-electron chi connectivity index (χ2n) is 3.74. The maximum absolute atomic E-state index is 11.8. The van der Waals surface area contributed by atoms with Gasteiger partial charge in [-0.1, -0.05) is 0 Å². The van der Waals surface area contributed by atoms with Crippen LogP contribution in [-0.2, 0) is 20.6 Å². The Kier molecular flexibility index (Phi) is 2.82. The number of nitrogens with two attached hydrogens (primary N) is 1. The molecule has 0 saturated carbocycles. The van der Waals surface area contributed by atoms with E-state index in [4.69, 9.17) is 5.73 Å². The molecule has 0 spiro atoms. The van der Waals surface area contributed by atoms with E-state index >= 15 is 0 Å². The zero-order valence-electron chi connectivity index (χ0n) is 9.71. The minimum absolute atomic E-state index is 0.238. The molecule has 0 saturated heterocycles. The van der Waals surface area contributed by atoms with E-state index in [0.29, 0.717) is 12.2 Å². The van der Waals surface area contributed by atoms with Crippen molar-refractivity contribution >= 4 is 11.6 Å². The highest BCUT2D eigenvalue weighted by Crippen LogP contribution is 2.07. The maximum atomic E-state index is 11.8. The Labute approximate surface area is 98.2 Å². The maximum Gasteiger partial charge on any atom is 0.274 e. The number of carbonyl (C=O) groups excluding carboxylic acids is 1. The molecule has 17 heavy (non-hydrogen) atoms. The Morgan fingerprint density at radius 3 is 2.82 bits per heavy atom. The molecule has 0 fully saturated rings. The van der Waals surface area contributed by atoms with Gasteiger partial charge < -0.3 is 15.6 Å². The molecule has 0 aromatic carbocycles. The van der Waals surface area contributed by atoms with E-state index in [2.05, 4.69) is 15.4 Å². The summed E-state index contributed by atoms with van der Waals surface area (Å²) in [6.45, 7) is 0.346. The number of hydrogen-bond acceptors (Lipinski definition) is 4. The molecule has 2 aromatic heterocycles. The largest absolute Gasteiger partial charge is 0.396 e. The predicted octanol–water partition coefficient (Wildman–Crippen LogP) is -0.334. The van der Waals surface area contributed by atoms with Crippen molar-refractivity contribution in [1.29, 1.82) is 0 Å². The fourth-order valence-electron chi connectivity index (χ4n) is 1.49. The van der Waals surface area contributed by atoms with Gasteiger partial charge >= 0.3 is 0 Å². The summed E-state index contributed by atoms with van der Waals surface area (Å²) in [4.78, 5) is 15.9. The first-order valence-corrected chi connectivity index (χ1v) is 5.11. The molecule has 3 N–H and O–H groups in total. The van der Waals surface area contributed by atoms with E-state index in [1.54, 1.807) is 19.4 Å². The summed E-state index contributed by atoms with van der Waals surface area (Å²) in [6.07, 6.45) is 5.09. The second-order valence-corrected chi connectivity index (χ2v) is 3.74. The van der Waals surface area contributed by atoms with E-state index in [-0.39, 0.29) is 11.6 Å². The zero-order chi connectivity index (χ0) is 12.4. The number of anilines is 1. The quantitative estimate of drug-likeness (QED) is 0.760. The van der Waals surface area contributed by atoms with Gasteiger partial charge in [0.1, 0.15) is 5.82 Å². The number of imidazole rings is 1. The molecule has 2 rings (SSSR count). The van der Waals surface area contributed by atoms with Gasteiger partial charge in [0.05, 0.1) is 12.2 Å². The predicted molar refractivity (Wildman–Crippen MR) is 62.0 cm³/mol. The Bertz CT molecular complexity index is 541. The topological polar surface area (TPSA) is 90.8 Å². The van der Waals surface area contributed by atoms with E-state index in [9.17, 15) is 4.79 Å². The molecule has 0 aliphatic rings. The van der Waals surface area contributed by atoms with E-state index in [1.165, 1.54) is 4.68 Å². The summed E-state index contributed by atoms with van der Waals surface area (Å²) in [5, 5.41) is 6.70. The second kappa shape index (κ2) is 4.28. The normalized spacial score (nSPS) is 10.5. The summed E-state index contributed by atoms with van der Waals surface area (Å²) in [5.41, 5.74) is 6.26. The Morgan fingerprint density at radius 1 is 1.53 bits per heavy atom. The lowest BCUT2D eigenvalue weighted by atomic mass is 10.3. The summed E-state index contributed by atoms with van der Waals surface area (Å²) in [5.74, 6) is 0.471. The van der Waals surface area contributed by atoms with Gasteiger partial charge in [0.25, 0.3) is 5.91 Å². The highest BCUT2D eigenvalue weighted by atomic mass is 16.2. The van der Waals surface area contributed by atoms with E-state index in [1.807, 2.05) is 17.8 Å². The van der Waals surface area contributed by atoms with Crippen molar-refractivity contribution in [2.24, 2.45) is 14.1 Å². The van der Waals surface area contributed by atoms with Gasteiger partial charge in [-0.2, -0.15) is 5.10 Å². The molecule has 2 aromatic rings. The summed E-state index contributed by atoms with van der Waals surface area (Å²) in [7, 11) is 3.58. The van der Waals surface area contributed by atoms with Crippen LogP contribution in [0.15, 0.2) is 18.6 Å². The standard InChI is InChI=1S/C10H14N6O/c1-15-4-3-12-8(15)5-13-10(17)9-7(11)6-16(2)14-9/h3-4,6H,5,11H2,1-2H3,(H,13,17). The first-order chi connectivity index (χ1) is 8.08. The van der Waals surface area contributed by atoms with Crippen LogP contribution in [0.25, 0.3) is 0 Å². The van der Waals surface area contributed by atoms with Gasteiger partial charge in [0, 0.05) is 32.7 Å². The Balaban J connectivity index is 2.03. The van der Waals surface area contributed by atoms with Crippen molar-refractivity contribution in [3.8, 4) is 0 Å². The number of nitrogen functional groups attached to an aromatic ring is 1. The fourth-order valence-corrected chi connectivity index (χ4v) is 1.49. The van der Waals surface area contributed by atoms with Crippen LogP contribution in [0, 0.1) is 0 Å². The van der Waals surface area contributed by atoms with Gasteiger partial charge in [-0.05, 0) is 0 Å². The van der Waals surface area contributed by atoms with Crippen LogP contribution in [0.2, 0.25) is 0 Å². The molecule has 0 bridgehead atoms. The smallest absolute Gasteiger partial charge is 0.274 e. The first-order valence-electron chi connectivity index (χ1n) is 5.11. The van der Waals surface area contributed by atoms with Gasteiger partial charge in [0.15, 0.2) is 5.69 Å². The molecule has 0 unspecified atom stereocenters. The molecule has 90 valence electrons. The number of aromatic nitrogens is 4. The third-order valence-electron chi connectivity index (χ3n) is 2.40. The number of amides is 1. The molecule has 2 heterocycles. The Hall–Kier alpha value is -2.31. The number of rotatable bonds is 3. The average molecular weight is 234 g/mol. The van der Waals surface area contributed by atoms with Gasteiger partial charge in [-0.3, -0.25) is 9.48 Å². The van der Waals surface area contributed by atoms with Gasteiger partial charge in [-0.15, -0.1) is 0 Å². The van der Waals surface area contributed by atoms with Crippen LogP contribution in [-0.4, -0.2) is 25.2 Å². The molecule has 7 heteroatoms. The van der Waals surface area contributed by atoms with Crippen molar-refractivity contribution in [2.45, 2.75) is 6.54 Å². The van der Waals surface area contributed by atoms with Crippen LogP contribution in [0.5, 0.6) is 0 Å². The van der Waals surface area contributed by atoms with Crippen LogP contribution in [0.1, 0.15) is 16.3 Å². The number of carbonyl (C=O) groups is 1. The zero-order valence-corrected chi connectivity index (χ0v) is 9.71. The van der Waals surface area contributed by atoms with Crippen LogP contribution in [0.4, 0.5) is 5.69 Å². The minimum atomic E-state index is -0.300. The SMILES string of the molecule is Cn1cc(N)c(C(=O)NCc2nccn2C)n1. The van der Waals surface area contributed by atoms with Crippen molar-refractivity contribution in [3.05, 3.63) is 30.1 Å². The van der Waals surface area contributed by atoms with Crippen LogP contribution < -0.4 is 11.1 Å². The molecule has 0 aliphatic carbocycles. The number of aryl methyl sites for hydroxylation is 2. The van der Waals surface area contributed by atoms with Crippen LogP contribution in [0.3, 0.4) is 0 Å². The lowest BCUT2D eigenvalue weighted by molar-refractivity contribution is 0.0945. The highest BCUT2D eigenvalue weighted by Gasteiger charge is 2.14. The number of nitrogens with one attached hydrogen (secondary N) is 1. The summed E-state index contributed by atoms with van der Waals surface area (Å²) in [6, 6.07) is 0. The van der Waals surface area contributed by atoms with Crippen LogP contribution >= 0.6 is 0 Å². The van der Waals surface area contributed by atoms with Gasteiger partial charge in [0.2, 0.25) is 0 Å². The van der Waals surface area contributed by atoms with Crippen molar-refractivity contribution in [1.82, 2.24) is 24.6 Å².